The third-order valence-corrected chi connectivity index (χ3v) is 3.46. The Bertz CT molecular complexity index is 658. The summed E-state index contributed by atoms with van der Waals surface area (Å²) in [5.41, 5.74) is 1.77. The standard InChI is InChI=1S/C17H18ClNO3/c1-21-15-7-6-13(16(10-15)22-2)9-17(20)19-11-12-4-3-5-14(18)8-12/h3-8,10H,9,11H2,1-2H3,(H,19,20). The van der Waals surface area contributed by atoms with E-state index >= 15 is 0 Å². The van der Waals surface area contributed by atoms with Crippen molar-refractivity contribution in [2.45, 2.75) is 13.0 Å². The summed E-state index contributed by atoms with van der Waals surface area (Å²) in [7, 11) is 3.16. The van der Waals surface area contributed by atoms with Gasteiger partial charge in [-0.1, -0.05) is 29.8 Å². The van der Waals surface area contributed by atoms with Gasteiger partial charge in [-0.05, 0) is 23.8 Å². The van der Waals surface area contributed by atoms with Gasteiger partial charge in [0.05, 0.1) is 20.6 Å². The number of halogens is 1. The van der Waals surface area contributed by atoms with Crippen LogP contribution in [0, 0.1) is 0 Å². The Labute approximate surface area is 135 Å². The molecule has 0 spiro atoms. The van der Waals surface area contributed by atoms with Gasteiger partial charge in [-0.3, -0.25) is 4.79 Å². The Balaban J connectivity index is 1.97. The zero-order chi connectivity index (χ0) is 15.9. The van der Waals surface area contributed by atoms with Crippen LogP contribution in [-0.4, -0.2) is 20.1 Å². The predicted molar refractivity (Wildman–Crippen MR) is 86.5 cm³/mol. The minimum Gasteiger partial charge on any atom is -0.497 e. The van der Waals surface area contributed by atoms with Crippen LogP contribution < -0.4 is 14.8 Å². The van der Waals surface area contributed by atoms with Crippen LogP contribution in [0.2, 0.25) is 5.02 Å². The van der Waals surface area contributed by atoms with Crippen molar-refractivity contribution in [2.75, 3.05) is 14.2 Å². The summed E-state index contributed by atoms with van der Waals surface area (Å²) >= 11 is 5.92. The maximum atomic E-state index is 12.1. The highest BCUT2D eigenvalue weighted by molar-refractivity contribution is 6.30. The number of rotatable bonds is 6. The minimum absolute atomic E-state index is 0.0801. The molecule has 1 N–H and O–H groups in total. The summed E-state index contributed by atoms with van der Waals surface area (Å²) in [6.07, 6.45) is 0.244. The van der Waals surface area contributed by atoms with Crippen molar-refractivity contribution >= 4 is 17.5 Å². The van der Waals surface area contributed by atoms with E-state index in [1.165, 1.54) is 0 Å². The Morgan fingerprint density at radius 1 is 1.14 bits per heavy atom. The van der Waals surface area contributed by atoms with Crippen molar-refractivity contribution in [3.05, 3.63) is 58.6 Å². The number of benzene rings is 2. The molecule has 4 nitrogen and oxygen atoms in total. The minimum atomic E-state index is -0.0801. The molecule has 116 valence electrons. The molecular formula is C17H18ClNO3. The molecule has 0 atom stereocenters. The van der Waals surface area contributed by atoms with Gasteiger partial charge in [0, 0.05) is 23.2 Å². The lowest BCUT2D eigenvalue weighted by Gasteiger charge is -2.11. The van der Waals surface area contributed by atoms with E-state index in [2.05, 4.69) is 5.32 Å². The van der Waals surface area contributed by atoms with Crippen LogP contribution in [0.1, 0.15) is 11.1 Å². The molecule has 0 saturated carbocycles. The molecule has 2 aromatic carbocycles. The third kappa shape index (κ3) is 4.40. The van der Waals surface area contributed by atoms with Crippen molar-refractivity contribution in [1.29, 1.82) is 0 Å². The second kappa shape index (κ2) is 7.71. The van der Waals surface area contributed by atoms with E-state index in [1.807, 2.05) is 30.3 Å². The number of amides is 1. The van der Waals surface area contributed by atoms with E-state index in [1.54, 1.807) is 26.4 Å². The molecule has 1 amide bonds. The monoisotopic (exact) mass is 319 g/mol. The lowest BCUT2D eigenvalue weighted by Crippen LogP contribution is -2.24. The number of carbonyl (C=O) groups excluding carboxylic acids is 1. The highest BCUT2D eigenvalue weighted by Gasteiger charge is 2.10. The quantitative estimate of drug-likeness (QED) is 0.889. The molecule has 2 rings (SSSR count). The topological polar surface area (TPSA) is 47.6 Å². The molecular weight excluding hydrogens is 302 g/mol. The van der Waals surface area contributed by atoms with Crippen molar-refractivity contribution < 1.29 is 14.3 Å². The second-order valence-electron chi connectivity index (χ2n) is 4.76. The van der Waals surface area contributed by atoms with Crippen LogP contribution in [0.4, 0.5) is 0 Å². The number of nitrogens with one attached hydrogen (secondary N) is 1. The first-order valence-corrected chi connectivity index (χ1v) is 7.22. The van der Waals surface area contributed by atoms with Gasteiger partial charge in [-0.2, -0.15) is 0 Å². The van der Waals surface area contributed by atoms with Crippen molar-refractivity contribution in [2.24, 2.45) is 0 Å². The number of ether oxygens (including phenoxy) is 2. The average molecular weight is 320 g/mol. The molecule has 0 saturated heterocycles. The molecule has 0 aromatic heterocycles. The fourth-order valence-corrected chi connectivity index (χ4v) is 2.29. The van der Waals surface area contributed by atoms with E-state index in [0.29, 0.717) is 23.1 Å². The summed E-state index contributed by atoms with van der Waals surface area (Å²) in [5, 5.41) is 3.53. The van der Waals surface area contributed by atoms with Gasteiger partial charge < -0.3 is 14.8 Å². The van der Waals surface area contributed by atoms with E-state index in [0.717, 1.165) is 11.1 Å². The van der Waals surface area contributed by atoms with Gasteiger partial charge in [-0.15, -0.1) is 0 Å². The third-order valence-electron chi connectivity index (χ3n) is 3.22. The fourth-order valence-electron chi connectivity index (χ4n) is 2.08. The van der Waals surface area contributed by atoms with Crippen molar-refractivity contribution in [3.63, 3.8) is 0 Å². The molecule has 0 unspecified atom stereocenters. The predicted octanol–water partition coefficient (Wildman–Crippen LogP) is 3.22. The number of hydrogen-bond donors (Lipinski definition) is 1. The molecule has 22 heavy (non-hydrogen) atoms. The maximum Gasteiger partial charge on any atom is 0.224 e. The summed E-state index contributed by atoms with van der Waals surface area (Å²) in [4.78, 5) is 12.1. The van der Waals surface area contributed by atoms with Gasteiger partial charge >= 0.3 is 0 Å². The zero-order valence-electron chi connectivity index (χ0n) is 12.6. The summed E-state index contributed by atoms with van der Waals surface area (Å²) in [6.45, 7) is 0.442. The van der Waals surface area contributed by atoms with Crippen LogP contribution in [0.5, 0.6) is 11.5 Å². The molecule has 0 heterocycles. The first-order chi connectivity index (χ1) is 10.6. The Morgan fingerprint density at radius 2 is 1.95 bits per heavy atom. The van der Waals surface area contributed by atoms with E-state index in [-0.39, 0.29) is 12.3 Å². The van der Waals surface area contributed by atoms with Crippen molar-refractivity contribution in [1.82, 2.24) is 5.32 Å². The van der Waals surface area contributed by atoms with E-state index in [9.17, 15) is 4.79 Å². The SMILES string of the molecule is COc1ccc(CC(=O)NCc2cccc(Cl)c2)c(OC)c1. The number of hydrogen-bond acceptors (Lipinski definition) is 3. The van der Waals surface area contributed by atoms with E-state index in [4.69, 9.17) is 21.1 Å². The summed E-state index contributed by atoms with van der Waals surface area (Å²) < 4.78 is 10.4. The number of carbonyl (C=O) groups is 1. The highest BCUT2D eigenvalue weighted by atomic mass is 35.5. The van der Waals surface area contributed by atoms with Crippen LogP contribution in [0.15, 0.2) is 42.5 Å². The second-order valence-corrected chi connectivity index (χ2v) is 5.20. The number of methoxy groups -OCH3 is 2. The van der Waals surface area contributed by atoms with Crippen LogP contribution in [0.3, 0.4) is 0 Å². The molecule has 0 aliphatic rings. The first-order valence-electron chi connectivity index (χ1n) is 6.84. The van der Waals surface area contributed by atoms with Gasteiger partial charge in [-0.25, -0.2) is 0 Å². The summed E-state index contributed by atoms with van der Waals surface area (Å²) in [6, 6.07) is 12.8. The van der Waals surface area contributed by atoms with E-state index < -0.39 is 0 Å². The maximum absolute atomic E-state index is 12.1. The van der Waals surface area contributed by atoms with Gasteiger partial charge in [0.15, 0.2) is 0 Å². The smallest absolute Gasteiger partial charge is 0.224 e. The van der Waals surface area contributed by atoms with Crippen LogP contribution >= 0.6 is 11.6 Å². The molecule has 0 radical (unpaired) electrons. The lowest BCUT2D eigenvalue weighted by molar-refractivity contribution is -0.120. The van der Waals surface area contributed by atoms with Crippen LogP contribution in [0.25, 0.3) is 0 Å². The van der Waals surface area contributed by atoms with Crippen LogP contribution in [-0.2, 0) is 17.8 Å². The van der Waals surface area contributed by atoms with Crippen molar-refractivity contribution in [3.8, 4) is 11.5 Å². The average Bonchev–Trinajstić information content (AvgIpc) is 2.53. The highest BCUT2D eigenvalue weighted by Crippen LogP contribution is 2.24. The summed E-state index contributed by atoms with van der Waals surface area (Å²) in [5.74, 6) is 1.25. The fraction of sp³-hybridized carbons (Fsp3) is 0.235. The Hall–Kier alpha value is -2.20. The van der Waals surface area contributed by atoms with Gasteiger partial charge in [0.1, 0.15) is 11.5 Å². The molecule has 0 bridgehead atoms. The van der Waals surface area contributed by atoms with Gasteiger partial charge in [0.25, 0.3) is 0 Å². The Kier molecular flexibility index (Phi) is 5.67. The zero-order valence-corrected chi connectivity index (χ0v) is 13.3. The Morgan fingerprint density at radius 3 is 2.64 bits per heavy atom. The lowest BCUT2D eigenvalue weighted by atomic mass is 10.1. The normalized spacial score (nSPS) is 10.1. The first kappa shape index (κ1) is 16.2. The molecule has 0 aliphatic carbocycles. The molecule has 5 heteroatoms. The van der Waals surface area contributed by atoms with Gasteiger partial charge in [0.2, 0.25) is 5.91 Å². The molecule has 0 fully saturated rings. The molecule has 0 aliphatic heterocycles. The molecule has 2 aromatic rings. The largest absolute Gasteiger partial charge is 0.497 e.